The highest BCUT2D eigenvalue weighted by Gasteiger charge is 2.41. The molecule has 26 heavy (non-hydrogen) atoms. The van der Waals surface area contributed by atoms with E-state index in [1.165, 1.54) is 0 Å². The van der Waals surface area contributed by atoms with E-state index >= 15 is 0 Å². The second kappa shape index (κ2) is 7.53. The van der Waals surface area contributed by atoms with E-state index in [9.17, 15) is 9.59 Å². The van der Waals surface area contributed by atoms with Gasteiger partial charge in [0.15, 0.2) is 6.10 Å². The van der Waals surface area contributed by atoms with Gasteiger partial charge in [0.2, 0.25) is 11.7 Å². The molecule has 136 valence electrons. The van der Waals surface area contributed by atoms with Crippen molar-refractivity contribution in [2.24, 2.45) is 0 Å². The third-order valence-corrected chi connectivity index (χ3v) is 3.65. The minimum atomic E-state index is -0.998. The summed E-state index contributed by atoms with van der Waals surface area (Å²) in [6.07, 6.45) is 2.43. The zero-order chi connectivity index (χ0) is 18.6. The standard InChI is InChI=1S/C19H20N2O5/c1-19(2)25-16(18(23)26-19)10-17(22)21-14-6-3-7-15(9-14)24-12-13-5-4-8-20-11-13/h3-9,11,16H,10,12H2,1-2H3,(H,21,22). The van der Waals surface area contributed by atoms with E-state index in [-0.39, 0.29) is 12.3 Å². The number of anilines is 1. The lowest BCUT2D eigenvalue weighted by Crippen LogP contribution is -2.26. The number of aromatic nitrogens is 1. The van der Waals surface area contributed by atoms with E-state index in [1.54, 1.807) is 50.5 Å². The fourth-order valence-corrected chi connectivity index (χ4v) is 2.54. The van der Waals surface area contributed by atoms with Gasteiger partial charge >= 0.3 is 5.97 Å². The summed E-state index contributed by atoms with van der Waals surface area (Å²) >= 11 is 0. The van der Waals surface area contributed by atoms with Crippen LogP contribution in [0, 0.1) is 0 Å². The number of pyridine rings is 1. The van der Waals surface area contributed by atoms with Gasteiger partial charge in [-0.05, 0) is 18.2 Å². The first-order valence-electron chi connectivity index (χ1n) is 8.23. The Kier molecular flexibility index (Phi) is 5.18. The zero-order valence-corrected chi connectivity index (χ0v) is 14.6. The lowest BCUT2D eigenvalue weighted by Gasteiger charge is -2.15. The Morgan fingerprint density at radius 2 is 2.15 bits per heavy atom. The predicted octanol–water partition coefficient (Wildman–Crippen LogP) is 2.67. The summed E-state index contributed by atoms with van der Waals surface area (Å²) in [5, 5.41) is 2.74. The van der Waals surface area contributed by atoms with Crippen LogP contribution in [0.3, 0.4) is 0 Å². The lowest BCUT2D eigenvalue weighted by molar-refractivity contribution is -0.160. The van der Waals surface area contributed by atoms with Crippen LogP contribution in [-0.2, 0) is 25.7 Å². The molecular weight excluding hydrogens is 336 g/mol. The van der Waals surface area contributed by atoms with Gasteiger partial charge in [-0.1, -0.05) is 12.1 Å². The van der Waals surface area contributed by atoms with Gasteiger partial charge in [-0.2, -0.15) is 0 Å². The minimum Gasteiger partial charge on any atom is -0.489 e. The topological polar surface area (TPSA) is 86.8 Å². The number of ether oxygens (including phenoxy) is 3. The molecule has 1 N–H and O–H groups in total. The maximum atomic E-state index is 12.2. The number of hydrogen-bond donors (Lipinski definition) is 1. The van der Waals surface area contributed by atoms with Crippen molar-refractivity contribution in [1.82, 2.24) is 4.98 Å². The van der Waals surface area contributed by atoms with Crippen LogP contribution in [0.15, 0.2) is 48.8 Å². The van der Waals surface area contributed by atoms with Gasteiger partial charge in [-0.3, -0.25) is 9.78 Å². The average Bonchev–Trinajstić information content (AvgIpc) is 2.86. The van der Waals surface area contributed by atoms with E-state index < -0.39 is 17.9 Å². The van der Waals surface area contributed by atoms with Crippen molar-refractivity contribution in [1.29, 1.82) is 0 Å². The number of hydrogen-bond acceptors (Lipinski definition) is 6. The molecule has 0 aliphatic carbocycles. The first-order chi connectivity index (χ1) is 12.4. The van der Waals surface area contributed by atoms with E-state index in [1.807, 2.05) is 12.1 Å². The summed E-state index contributed by atoms with van der Waals surface area (Å²) in [4.78, 5) is 27.9. The molecule has 1 amide bonds. The van der Waals surface area contributed by atoms with Gasteiger partial charge < -0.3 is 19.5 Å². The molecule has 1 aromatic heterocycles. The lowest BCUT2D eigenvalue weighted by atomic mass is 10.2. The van der Waals surface area contributed by atoms with Crippen molar-refractivity contribution in [3.05, 3.63) is 54.4 Å². The van der Waals surface area contributed by atoms with Crippen LogP contribution in [0.5, 0.6) is 5.75 Å². The van der Waals surface area contributed by atoms with Gasteiger partial charge in [0.1, 0.15) is 12.4 Å². The fraction of sp³-hybridized carbons (Fsp3) is 0.316. The molecule has 1 aliphatic rings. The molecule has 7 heteroatoms. The number of benzene rings is 1. The molecule has 1 aromatic carbocycles. The Labute approximate surface area is 151 Å². The number of carbonyl (C=O) groups excluding carboxylic acids is 2. The molecule has 1 atom stereocenters. The van der Waals surface area contributed by atoms with Crippen molar-refractivity contribution in [3.63, 3.8) is 0 Å². The molecule has 0 spiro atoms. The largest absolute Gasteiger partial charge is 0.489 e. The Hall–Kier alpha value is -2.93. The van der Waals surface area contributed by atoms with Gasteiger partial charge in [0.25, 0.3) is 0 Å². The highest BCUT2D eigenvalue weighted by molar-refractivity contribution is 5.94. The van der Waals surface area contributed by atoms with Crippen molar-refractivity contribution < 1.29 is 23.8 Å². The van der Waals surface area contributed by atoms with Crippen LogP contribution >= 0.6 is 0 Å². The fourth-order valence-electron chi connectivity index (χ4n) is 2.54. The van der Waals surface area contributed by atoms with Gasteiger partial charge in [0.05, 0.1) is 6.42 Å². The average molecular weight is 356 g/mol. The van der Waals surface area contributed by atoms with E-state index in [4.69, 9.17) is 14.2 Å². The maximum absolute atomic E-state index is 12.2. The predicted molar refractivity (Wildman–Crippen MR) is 93.3 cm³/mol. The summed E-state index contributed by atoms with van der Waals surface area (Å²) in [7, 11) is 0. The van der Waals surface area contributed by atoms with Crippen molar-refractivity contribution in [3.8, 4) is 5.75 Å². The number of amides is 1. The van der Waals surface area contributed by atoms with Crippen molar-refractivity contribution >= 4 is 17.6 Å². The molecule has 0 saturated carbocycles. The van der Waals surface area contributed by atoms with Crippen LogP contribution in [0.1, 0.15) is 25.8 Å². The summed E-state index contributed by atoms with van der Waals surface area (Å²) in [6, 6.07) is 10.8. The highest BCUT2D eigenvalue weighted by Crippen LogP contribution is 2.26. The number of carbonyl (C=O) groups is 2. The molecule has 0 bridgehead atoms. The Balaban J connectivity index is 1.55. The van der Waals surface area contributed by atoms with Crippen LogP contribution in [0.2, 0.25) is 0 Å². The van der Waals surface area contributed by atoms with E-state index in [2.05, 4.69) is 10.3 Å². The van der Waals surface area contributed by atoms with Gasteiger partial charge in [-0.15, -0.1) is 0 Å². The molecule has 2 aromatic rings. The molecule has 1 saturated heterocycles. The van der Waals surface area contributed by atoms with Crippen LogP contribution in [0.4, 0.5) is 5.69 Å². The van der Waals surface area contributed by atoms with Crippen LogP contribution < -0.4 is 10.1 Å². The molecule has 7 nitrogen and oxygen atoms in total. The third kappa shape index (κ3) is 4.80. The Morgan fingerprint density at radius 3 is 2.85 bits per heavy atom. The molecule has 0 radical (unpaired) electrons. The smallest absolute Gasteiger partial charge is 0.338 e. The van der Waals surface area contributed by atoms with Crippen molar-refractivity contribution in [2.45, 2.75) is 38.8 Å². The second-order valence-corrected chi connectivity index (χ2v) is 6.36. The number of rotatable bonds is 6. The van der Waals surface area contributed by atoms with Crippen LogP contribution in [0.25, 0.3) is 0 Å². The first-order valence-corrected chi connectivity index (χ1v) is 8.23. The molecule has 1 fully saturated rings. The first kappa shape index (κ1) is 17.9. The van der Waals surface area contributed by atoms with Crippen molar-refractivity contribution in [2.75, 3.05) is 5.32 Å². The normalized spacial score (nSPS) is 18.2. The summed E-state index contributed by atoms with van der Waals surface area (Å²) in [5.74, 6) is -1.25. The Morgan fingerprint density at radius 1 is 1.31 bits per heavy atom. The SMILES string of the molecule is CC1(C)OC(=O)C(CC(=O)Nc2cccc(OCc3cccnc3)c2)O1. The van der Waals surface area contributed by atoms with Gasteiger partial charge in [0, 0.05) is 43.6 Å². The van der Waals surface area contributed by atoms with Crippen LogP contribution in [-0.4, -0.2) is 28.8 Å². The zero-order valence-electron chi connectivity index (χ0n) is 14.6. The summed E-state index contributed by atoms with van der Waals surface area (Å²) < 4.78 is 16.2. The summed E-state index contributed by atoms with van der Waals surface area (Å²) in [5.41, 5.74) is 1.52. The van der Waals surface area contributed by atoms with Gasteiger partial charge in [-0.25, -0.2) is 4.79 Å². The number of nitrogens with zero attached hydrogens (tertiary/aromatic N) is 1. The number of cyclic esters (lactones) is 1. The molecule has 3 rings (SSSR count). The quantitative estimate of drug-likeness (QED) is 0.801. The molecule has 1 aliphatic heterocycles. The van der Waals surface area contributed by atoms with E-state index in [0.29, 0.717) is 18.0 Å². The number of esters is 1. The summed E-state index contributed by atoms with van der Waals surface area (Å²) in [6.45, 7) is 3.64. The number of nitrogens with one attached hydrogen (secondary N) is 1. The van der Waals surface area contributed by atoms with E-state index in [0.717, 1.165) is 5.56 Å². The molecule has 2 heterocycles. The minimum absolute atomic E-state index is 0.108. The monoisotopic (exact) mass is 356 g/mol. The molecular formula is C19H20N2O5. The maximum Gasteiger partial charge on any atom is 0.338 e. The molecule has 1 unspecified atom stereocenters. The Bertz CT molecular complexity index is 792. The highest BCUT2D eigenvalue weighted by atomic mass is 16.8. The second-order valence-electron chi connectivity index (χ2n) is 6.36. The third-order valence-electron chi connectivity index (χ3n) is 3.65.